The maximum absolute atomic E-state index is 5.61. The molecule has 2 aromatic heterocycles. The highest BCUT2D eigenvalue weighted by Crippen LogP contribution is 2.40. The minimum absolute atomic E-state index is 0.514. The summed E-state index contributed by atoms with van der Waals surface area (Å²) < 4.78 is 5.17. The Balaban J connectivity index is 2.17. The van der Waals surface area contributed by atoms with E-state index in [-0.39, 0.29) is 0 Å². The smallest absolute Gasteiger partial charge is 0.179 e. The molecule has 1 fully saturated rings. The Labute approximate surface area is 125 Å². The van der Waals surface area contributed by atoms with Gasteiger partial charge < -0.3 is 4.98 Å². The van der Waals surface area contributed by atoms with E-state index in [0.717, 1.165) is 21.6 Å². The Bertz CT molecular complexity index is 676. The fourth-order valence-electron chi connectivity index (χ4n) is 3.88. The lowest BCUT2D eigenvalue weighted by atomic mass is 9.77. The van der Waals surface area contributed by atoms with Crippen LogP contribution in [-0.4, -0.2) is 19.3 Å². The molecule has 1 N–H and O–H groups in total. The summed E-state index contributed by atoms with van der Waals surface area (Å²) in [6.45, 7) is 6.72. The molecule has 0 bridgehead atoms. The van der Waals surface area contributed by atoms with E-state index < -0.39 is 0 Å². The van der Waals surface area contributed by atoms with Crippen molar-refractivity contribution >= 4 is 23.4 Å². The van der Waals surface area contributed by atoms with Crippen molar-refractivity contribution in [1.82, 2.24) is 19.3 Å². The maximum atomic E-state index is 5.61. The molecule has 0 amide bonds. The molecule has 20 heavy (non-hydrogen) atoms. The number of nitrogens with zero attached hydrogens (tertiary/aromatic N) is 3. The first-order valence-corrected chi connectivity index (χ1v) is 8.05. The highest BCUT2D eigenvalue weighted by Gasteiger charge is 2.31. The van der Waals surface area contributed by atoms with Gasteiger partial charge in [0.2, 0.25) is 0 Å². The van der Waals surface area contributed by atoms with Gasteiger partial charge in [-0.3, -0.25) is 9.25 Å². The van der Waals surface area contributed by atoms with Gasteiger partial charge in [-0.15, -0.1) is 0 Å². The van der Waals surface area contributed by atoms with Crippen molar-refractivity contribution in [2.45, 2.75) is 52.5 Å². The van der Waals surface area contributed by atoms with Gasteiger partial charge in [-0.1, -0.05) is 26.7 Å². The summed E-state index contributed by atoms with van der Waals surface area (Å²) in [6, 6.07) is 0.514. The van der Waals surface area contributed by atoms with Crippen LogP contribution in [0.25, 0.3) is 11.2 Å². The molecule has 0 aromatic carbocycles. The average Bonchev–Trinajstić information content (AvgIpc) is 2.88. The molecule has 110 valence electrons. The van der Waals surface area contributed by atoms with Crippen molar-refractivity contribution in [1.29, 1.82) is 0 Å². The molecule has 2 aromatic rings. The topological polar surface area (TPSA) is 38.5 Å². The van der Waals surface area contributed by atoms with Gasteiger partial charge >= 0.3 is 0 Å². The summed E-state index contributed by atoms with van der Waals surface area (Å²) in [5.41, 5.74) is 3.29. The van der Waals surface area contributed by atoms with Crippen molar-refractivity contribution in [3.05, 3.63) is 10.5 Å². The minimum Gasteiger partial charge on any atom is -0.328 e. The van der Waals surface area contributed by atoms with E-state index in [1.54, 1.807) is 0 Å². The van der Waals surface area contributed by atoms with Crippen molar-refractivity contribution in [3.8, 4) is 0 Å². The Morgan fingerprint density at radius 1 is 1.30 bits per heavy atom. The Morgan fingerprint density at radius 3 is 2.70 bits per heavy atom. The SMILES string of the molecule is Cc1nn(C)c2c1[nH]c(=S)n2C1CCCCC1C(C)C. The van der Waals surface area contributed by atoms with Crippen molar-refractivity contribution < 1.29 is 0 Å². The molecule has 5 heteroatoms. The largest absolute Gasteiger partial charge is 0.328 e. The van der Waals surface area contributed by atoms with Gasteiger partial charge in [0.05, 0.1) is 5.69 Å². The van der Waals surface area contributed by atoms with Gasteiger partial charge in [-0.05, 0) is 43.8 Å². The lowest BCUT2D eigenvalue weighted by Gasteiger charge is -2.35. The zero-order chi connectivity index (χ0) is 14.4. The summed E-state index contributed by atoms with van der Waals surface area (Å²) in [5, 5.41) is 4.53. The molecular formula is C15H24N4S. The van der Waals surface area contributed by atoms with Crippen LogP contribution in [0.4, 0.5) is 0 Å². The van der Waals surface area contributed by atoms with Crippen LogP contribution >= 0.6 is 12.2 Å². The molecule has 0 spiro atoms. The summed E-state index contributed by atoms with van der Waals surface area (Å²) >= 11 is 5.61. The zero-order valence-electron chi connectivity index (χ0n) is 12.8. The number of fused-ring (bicyclic) bond motifs is 1. The van der Waals surface area contributed by atoms with E-state index in [4.69, 9.17) is 12.2 Å². The molecule has 1 aliphatic carbocycles. The number of imidazole rings is 1. The summed E-state index contributed by atoms with van der Waals surface area (Å²) in [4.78, 5) is 3.37. The van der Waals surface area contributed by atoms with Gasteiger partial charge in [-0.2, -0.15) is 5.10 Å². The number of nitrogens with one attached hydrogen (secondary N) is 1. The molecule has 2 unspecified atom stereocenters. The van der Waals surface area contributed by atoms with Gasteiger partial charge in [-0.25, -0.2) is 0 Å². The first kappa shape index (κ1) is 13.9. The molecular weight excluding hydrogens is 268 g/mol. The maximum Gasteiger partial charge on any atom is 0.179 e. The van der Waals surface area contributed by atoms with Crippen LogP contribution in [0.1, 0.15) is 51.3 Å². The Morgan fingerprint density at radius 2 is 2.00 bits per heavy atom. The van der Waals surface area contributed by atoms with E-state index in [2.05, 4.69) is 28.5 Å². The number of rotatable bonds is 2. The number of aryl methyl sites for hydroxylation is 2. The lowest BCUT2D eigenvalue weighted by molar-refractivity contribution is 0.185. The Kier molecular flexibility index (Phi) is 3.48. The van der Waals surface area contributed by atoms with Crippen LogP contribution in [0, 0.1) is 23.5 Å². The molecule has 2 atom stereocenters. The van der Waals surface area contributed by atoms with Gasteiger partial charge in [0.15, 0.2) is 10.4 Å². The van der Waals surface area contributed by atoms with Crippen molar-refractivity contribution in [2.24, 2.45) is 18.9 Å². The first-order chi connectivity index (χ1) is 9.50. The third-order valence-corrected chi connectivity index (χ3v) is 5.14. The molecule has 1 saturated carbocycles. The molecule has 0 radical (unpaired) electrons. The van der Waals surface area contributed by atoms with E-state index in [9.17, 15) is 0 Å². The van der Waals surface area contributed by atoms with E-state index in [1.807, 2.05) is 18.7 Å². The van der Waals surface area contributed by atoms with Gasteiger partial charge in [0, 0.05) is 13.1 Å². The summed E-state index contributed by atoms with van der Waals surface area (Å²) in [5.74, 6) is 1.41. The van der Waals surface area contributed by atoms with Crippen LogP contribution < -0.4 is 0 Å². The second-order valence-electron chi connectivity index (χ2n) is 6.47. The number of hydrogen-bond acceptors (Lipinski definition) is 2. The average molecular weight is 292 g/mol. The number of H-pyrrole nitrogens is 1. The minimum atomic E-state index is 0.514. The van der Waals surface area contributed by atoms with Crippen LogP contribution in [0.3, 0.4) is 0 Å². The standard InChI is InChI=1S/C15H24N4S/c1-9(2)11-7-5-6-8-12(11)19-14-13(16-15(19)20)10(3)17-18(14)4/h9,11-12H,5-8H2,1-4H3,(H,16,20). The van der Waals surface area contributed by atoms with Crippen LogP contribution in [0.5, 0.6) is 0 Å². The fraction of sp³-hybridized carbons (Fsp3) is 0.733. The monoisotopic (exact) mass is 292 g/mol. The predicted octanol–water partition coefficient (Wildman–Crippen LogP) is 4.13. The highest BCUT2D eigenvalue weighted by atomic mass is 32.1. The molecule has 3 rings (SSSR count). The predicted molar refractivity (Wildman–Crippen MR) is 84.5 cm³/mol. The number of aromatic amines is 1. The van der Waals surface area contributed by atoms with Crippen molar-refractivity contribution in [3.63, 3.8) is 0 Å². The van der Waals surface area contributed by atoms with E-state index >= 15 is 0 Å². The van der Waals surface area contributed by atoms with Crippen molar-refractivity contribution in [2.75, 3.05) is 0 Å². The normalized spacial score (nSPS) is 23.9. The lowest BCUT2D eigenvalue weighted by Crippen LogP contribution is -2.27. The van der Waals surface area contributed by atoms with Crippen LogP contribution in [-0.2, 0) is 7.05 Å². The number of aromatic nitrogens is 4. The highest BCUT2D eigenvalue weighted by molar-refractivity contribution is 7.71. The van der Waals surface area contributed by atoms with Gasteiger partial charge in [0.1, 0.15) is 5.52 Å². The van der Waals surface area contributed by atoms with Crippen LogP contribution in [0.15, 0.2) is 0 Å². The molecule has 2 heterocycles. The number of hydrogen-bond donors (Lipinski definition) is 1. The molecule has 0 aliphatic heterocycles. The second kappa shape index (κ2) is 5.02. The quantitative estimate of drug-likeness (QED) is 0.845. The zero-order valence-corrected chi connectivity index (χ0v) is 13.6. The van der Waals surface area contributed by atoms with E-state index in [1.165, 1.54) is 25.7 Å². The second-order valence-corrected chi connectivity index (χ2v) is 6.85. The molecule has 1 aliphatic rings. The van der Waals surface area contributed by atoms with E-state index in [0.29, 0.717) is 17.9 Å². The van der Waals surface area contributed by atoms with Crippen LogP contribution in [0.2, 0.25) is 0 Å². The van der Waals surface area contributed by atoms with Gasteiger partial charge in [0.25, 0.3) is 0 Å². The third-order valence-electron chi connectivity index (χ3n) is 4.84. The summed E-state index contributed by atoms with van der Waals surface area (Å²) in [7, 11) is 2.02. The molecule has 4 nitrogen and oxygen atoms in total. The third kappa shape index (κ3) is 2.03. The first-order valence-electron chi connectivity index (χ1n) is 7.64. The fourth-order valence-corrected chi connectivity index (χ4v) is 4.20. The summed E-state index contributed by atoms with van der Waals surface area (Å²) in [6.07, 6.45) is 5.20. The molecule has 0 saturated heterocycles. The Hall–Kier alpha value is -1.10.